The standard InChI is InChI=1S/C6H17GeS/c1-7(2,3)6-8(4)5/h6H2,1-5H3/q+1. The Morgan fingerprint density at radius 3 is 1.50 bits per heavy atom. The van der Waals surface area contributed by atoms with Crippen LogP contribution in [0.15, 0.2) is 0 Å². The first kappa shape index (κ1) is 8.89. The van der Waals surface area contributed by atoms with Crippen LogP contribution in [0.25, 0.3) is 0 Å². The molecule has 8 heavy (non-hydrogen) atoms. The van der Waals surface area contributed by atoms with Crippen LogP contribution in [0.1, 0.15) is 0 Å². The first-order valence-electron chi connectivity index (χ1n) is 2.96. The fourth-order valence-corrected chi connectivity index (χ4v) is 13.5. The summed E-state index contributed by atoms with van der Waals surface area (Å²) in [5.74, 6) is 7.44. The van der Waals surface area contributed by atoms with Gasteiger partial charge in [-0.1, -0.05) is 0 Å². The molecule has 50 valence electrons. The third-order valence-electron chi connectivity index (χ3n) is 0.722. The molecule has 0 aromatic rings. The Hall–Kier alpha value is 0.893. The molecule has 0 saturated carbocycles. The zero-order valence-corrected chi connectivity index (χ0v) is 9.53. The Labute approximate surface area is 58.8 Å². The second-order valence-corrected chi connectivity index (χ2v) is 18.5. The summed E-state index contributed by atoms with van der Waals surface area (Å²) in [6, 6.07) is 0. The van der Waals surface area contributed by atoms with E-state index in [0.717, 1.165) is 0 Å². The van der Waals surface area contributed by atoms with E-state index < -0.39 is 13.3 Å². The van der Waals surface area contributed by atoms with Gasteiger partial charge in [0.1, 0.15) is 0 Å². The molecular formula is C6H17GeS+. The molecule has 0 N–H and O–H groups in total. The van der Waals surface area contributed by atoms with E-state index in [2.05, 4.69) is 29.8 Å². The van der Waals surface area contributed by atoms with Crippen LogP contribution in [0.2, 0.25) is 17.3 Å². The Morgan fingerprint density at radius 1 is 1.12 bits per heavy atom. The number of rotatable bonds is 2. The molecule has 0 unspecified atom stereocenters. The predicted octanol–water partition coefficient (Wildman–Crippen LogP) is 1.74. The Morgan fingerprint density at radius 2 is 1.50 bits per heavy atom. The summed E-state index contributed by atoms with van der Waals surface area (Å²) < 4.78 is 1.54. The first-order valence-corrected chi connectivity index (χ1v) is 12.9. The molecular weight excluding hydrogens is 177 g/mol. The van der Waals surface area contributed by atoms with Crippen LogP contribution in [0.4, 0.5) is 0 Å². The average molecular weight is 194 g/mol. The summed E-state index contributed by atoms with van der Waals surface area (Å²) in [4.78, 5) is 0. The van der Waals surface area contributed by atoms with Crippen molar-refractivity contribution in [3.63, 3.8) is 0 Å². The number of hydrogen-bond acceptors (Lipinski definition) is 0. The van der Waals surface area contributed by atoms with Crippen molar-refractivity contribution in [1.82, 2.24) is 0 Å². The van der Waals surface area contributed by atoms with Crippen LogP contribution in [-0.4, -0.2) is 30.4 Å². The average Bonchev–Trinajstić information content (AvgIpc) is 1.21. The van der Waals surface area contributed by atoms with Gasteiger partial charge in [0, 0.05) is 0 Å². The van der Waals surface area contributed by atoms with Crippen molar-refractivity contribution in [1.29, 1.82) is 0 Å². The molecule has 0 nitrogen and oxygen atoms in total. The molecule has 0 amide bonds. The van der Waals surface area contributed by atoms with Crippen LogP contribution in [-0.2, 0) is 10.9 Å². The van der Waals surface area contributed by atoms with Gasteiger partial charge in [-0.25, -0.2) is 0 Å². The van der Waals surface area contributed by atoms with Crippen molar-refractivity contribution in [3.8, 4) is 0 Å². The van der Waals surface area contributed by atoms with E-state index in [1.807, 2.05) is 0 Å². The summed E-state index contributed by atoms with van der Waals surface area (Å²) in [5, 5.41) is 0. The van der Waals surface area contributed by atoms with Crippen molar-refractivity contribution in [2.24, 2.45) is 0 Å². The summed E-state index contributed by atoms with van der Waals surface area (Å²) in [7, 11) is 0.698. The maximum absolute atomic E-state index is 2.48. The normalized spacial score (nSPS) is 12.8. The van der Waals surface area contributed by atoms with E-state index in [9.17, 15) is 0 Å². The fraction of sp³-hybridized carbons (Fsp3) is 1.00. The zero-order valence-electron chi connectivity index (χ0n) is 6.62. The zero-order chi connectivity index (χ0) is 6.78. The third-order valence-corrected chi connectivity index (χ3v) is 11.2. The monoisotopic (exact) mass is 195 g/mol. The Balaban J connectivity index is 3.39. The van der Waals surface area contributed by atoms with Crippen molar-refractivity contribution in [2.75, 3.05) is 17.1 Å². The van der Waals surface area contributed by atoms with Crippen LogP contribution < -0.4 is 0 Å². The van der Waals surface area contributed by atoms with Crippen molar-refractivity contribution in [3.05, 3.63) is 0 Å². The van der Waals surface area contributed by atoms with Crippen molar-refractivity contribution >= 4 is 24.2 Å². The van der Waals surface area contributed by atoms with Crippen LogP contribution in [0, 0.1) is 0 Å². The molecule has 0 aromatic carbocycles. The van der Waals surface area contributed by atoms with E-state index in [1.54, 1.807) is 4.59 Å². The molecule has 2 heteroatoms. The molecule has 0 aliphatic carbocycles. The van der Waals surface area contributed by atoms with E-state index in [0.29, 0.717) is 10.9 Å². The molecule has 0 saturated heterocycles. The van der Waals surface area contributed by atoms with Gasteiger partial charge in [0.15, 0.2) is 0 Å². The van der Waals surface area contributed by atoms with E-state index in [-0.39, 0.29) is 0 Å². The molecule has 0 rings (SSSR count). The maximum atomic E-state index is 2.48. The molecule has 0 heterocycles. The Bertz CT molecular complexity index is 63.4. The number of hydrogen-bond donors (Lipinski definition) is 0. The molecule has 0 bridgehead atoms. The SMILES string of the molecule is C[S+](C)[CH2][Ge]([CH3])([CH3])[CH3]. The van der Waals surface area contributed by atoms with Crippen LogP contribution >= 0.6 is 0 Å². The topological polar surface area (TPSA) is 0 Å². The van der Waals surface area contributed by atoms with E-state index in [4.69, 9.17) is 0 Å². The molecule has 0 aliphatic rings. The third kappa shape index (κ3) is 6.89. The molecule has 0 spiro atoms. The quantitative estimate of drug-likeness (QED) is 0.463. The molecule has 0 aliphatic heterocycles. The molecule has 0 atom stereocenters. The summed E-state index contributed by atoms with van der Waals surface area (Å²) in [5.41, 5.74) is 0. The van der Waals surface area contributed by atoms with E-state index in [1.165, 1.54) is 0 Å². The minimum absolute atomic E-state index is 0.698. The van der Waals surface area contributed by atoms with Gasteiger partial charge in [0.2, 0.25) is 0 Å². The van der Waals surface area contributed by atoms with Gasteiger partial charge >= 0.3 is 58.5 Å². The van der Waals surface area contributed by atoms with Crippen molar-refractivity contribution in [2.45, 2.75) is 17.3 Å². The van der Waals surface area contributed by atoms with Gasteiger partial charge < -0.3 is 0 Å². The first-order chi connectivity index (χ1) is 3.42. The predicted molar refractivity (Wildman–Crippen MR) is 47.4 cm³/mol. The van der Waals surface area contributed by atoms with Crippen LogP contribution in [0.5, 0.6) is 0 Å². The second kappa shape index (κ2) is 3.16. The van der Waals surface area contributed by atoms with Gasteiger partial charge in [0.05, 0.1) is 0 Å². The van der Waals surface area contributed by atoms with Gasteiger partial charge in [-0.3, -0.25) is 0 Å². The summed E-state index contributed by atoms with van der Waals surface area (Å²) in [6.45, 7) is 0. The van der Waals surface area contributed by atoms with Gasteiger partial charge in [-0.15, -0.1) is 0 Å². The summed E-state index contributed by atoms with van der Waals surface area (Å²) >= 11 is -1.14. The van der Waals surface area contributed by atoms with E-state index >= 15 is 0 Å². The molecule has 0 fully saturated rings. The van der Waals surface area contributed by atoms with Gasteiger partial charge in [0.25, 0.3) is 0 Å². The molecule has 0 aromatic heterocycles. The minimum atomic E-state index is -1.14. The van der Waals surface area contributed by atoms with Gasteiger partial charge in [-0.2, -0.15) is 0 Å². The Kier molecular flexibility index (Phi) is 3.51. The second-order valence-electron chi connectivity index (χ2n) is 3.69. The summed E-state index contributed by atoms with van der Waals surface area (Å²) in [6.07, 6.45) is 4.69. The van der Waals surface area contributed by atoms with Crippen molar-refractivity contribution < 1.29 is 0 Å². The molecule has 0 radical (unpaired) electrons. The van der Waals surface area contributed by atoms with Crippen LogP contribution in [0.3, 0.4) is 0 Å². The fourth-order valence-electron chi connectivity index (χ4n) is 0.866. The van der Waals surface area contributed by atoms with Gasteiger partial charge in [-0.05, 0) is 0 Å².